The van der Waals surface area contributed by atoms with Crippen LogP contribution < -0.4 is 5.73 Å². The Balaban J connectivity index is 1.71. The van der Waals surface area contributed by atoms with Crippen LogP contribution in [0.1, 0.15) is 32.6 Å². The Morgan fingerprint density at radius 3 is 2.85 bits per heavy atom. The summed E-state index contributed by atoms with van der Waals surface area (Å²) in [7, 11) is 0. The van der Waals surface area contributed by atoms with E-state index in [-0.39, 0.29) is 0 Å². The van der Waals surface area contributed by atoms with E-state index in [1.807, 2.05) is 0 Å². The lowest BCUT2D eigenvalue weighted by Crippen LogP contribution is -2.34. The van der Waals surface area contributed by atoms with Crippen LogP contribution in [-0.4, -0.2) is 30.6 Å². The summed E-state index contributed by atoms with van der Waals surface area (Å²) in [6.45, 7) is 5.78. The molecule has 1 saturated heterocycles. The zero-order valence-corrected chi connectivity index (χ0v) is 8.71. The van der Waals surface area contributed by atoms with Gasteiger partial charge in [-0.05, 0) is 50.6 Å². The fourth-order valence-electron chi connectivity index (χ4n) is 2.80. The van der Waals surface area contributed by atoms with Gasteiger partial charge in [-0.1, -0.05) is 6.92 Å². The maximum Gasteiger partial charge on any atom is 0.00985 e. The second-order valence-corrected chi connectivity index (χ2v) is 4.96. The van der Waals surface area contributed by atoms with Crippen molar-refractivity contribution in [2.24, 2.45) is 17.6 Å². The summed E-state index contributed by atoms with van der Waals surface area (Å²) in [6, 6.07) is 0.940. The van der Waals surface area contributed by atoms with E-state index in [1.165, 1.54) is 38.8 Å². The number of nitrogens with two attached hydrogens (primary N) is 1. The van der Waals surface area contributed by atoms with Gasteiger partial charge in [-0.2, -0.15) is 0 Å². The highest BCUT2D eigenvalue weighted by Crippen LogP contribution is 2.37. The molecule has 76 valence electrons. The van der Waals surface area contributed by atoms with Crippen LogP contribution in [0.2, 0.25) is 0 Å². The zero-order chi connectivity index (χ0) is 9.26. The molecule has 2 fully saturated rings. The smallest absolute Gasteiger partial charge is 0.00985 e. The molecule has 2 N–H and O–H groups in total. The highest BCUT2D eigenvalue weighted by molar-refractivity contribution is 4.91. The Morgan fingerprint density at radius 2 is 2.31 bits per heavy atom. The van der Waals surface area contributed by atoms with Crippen molar-refractivity contribution < 1.29 is 0 Å². The molecule has 2 heteroatoms. The van der Waals surface area contributed by atoms with Gasteiger partial charge in [0.15, 0.2) is 0 Å². The normalized spacial score (nSPS) is 35.5. The Hall–Kier alpha value is -0.0800. The van der Waals surface area contributed by atoms with Crippen molar-refractivity contribution in [3.63, 3.8) is 0 Å². The summed E-state index contributed by atoms with van der Waals surface area (Å²) in [6.07, 6.45) is 5.73. The van der Waals surface area contributed by atoms with Crippen molar-refractivity contribution in [1.29, 1.82) is 0 Å². The molecular formula is C11H22N2. The third kappa shape index (κ3) is 2.05. The third-order valence-electron chi connectivity index (χ3n) is 3.83. The molecule has 0 amide bonds. The second-order valence-electron chi connectivity index (χ2n) is 4.96. The minimum Gasteiger partial charge on any atom is -0.330 e. The van der Waals surface area contributed by atoms with Crippen LogP contribution in [0.3, 0.4) is 0 Å². The predicted octanol–water partition coefficient (Wildman–Crippen LogP) is 1.46. The Bertz CT molecular complexity index is 169. The first-order valence-corrected chi connectivity index (χ1v) is 5.73. The maximum absolute atomic E-state index is 5.61. The van der Waals surface area contributed by atoms with E-state index in [1.54, 1.807) is 0 Å². The molecule has 2 aliphatic rings. The molecule has 13 heavy (non-hydrogen) atoms. The highest BCUT2D eigenvalue weighted by Gasteiger charge is 2.37. The highest BCUT2D eigenvalue weighted by atomic mass is 15.2. The Kier molecular flexibility index (Phi) is 2.89. The van der Waals surface area contributed by atoms with Crippen LogP contribution in [0.25, 0.3) is 0 Å². The van der Waals surface area contributed by atoms with Crippen molar-refractivity contribution in [2.45, 2.75) is 38.6 Å². The summed E-state index contributed by atoms with van der Waals surface area (Å²) in [4.78, 5) is 2.69. The molecule has 2 nitrogen and oxygen atoms in total. The van der Waals surface area contributed by atoms with Crippen LogP contribution >= 0.6 is 0 Å². The topological polar surface area (TPSA) is 29.3 Å². The molecule has 0 radical (unpaired) electrons. The maximum atomic E-state index is 5.61. The van der Waals surface area contributed by atoms with Gasteiger partial charge in [0.2, 0.25) is 0 Å². The fraction of sp³-hybridized carbons (Fsp3) is 1.00. The van der Waals surface area contributed by atoms with Gasteiger partial charge < -0.3 is 10.6 Å². The molecule has 1 aliphatic carbocycles. The van der Waals surface area contributed by atoms with E-state index in [0.717, 1.165) is 18.5 Å². The molecule has 3 unspecified atom stereocenters. The quantitative estimate of drug-likeness (QED) is 0.713. The van der Waals surface area contributed by atoms with Crippen LogP contribution in [-0.2, 0) is 0 Å². The first-order valence-electron chi connectivity index (χ1n) is 5.73. The lowest BCUT2D eigenvalue weighted by Gasteiger charge is -2.27. The number of hydrogen-bond donors (Lipinski definition) is 1. The van der Waals surface area contributed by atoms with Crippen LogP contribution in [0, 0.1) is 11.8 Å². The predicted molar refractivity (Wildman–Crippen MR) is 55.5 cm³/mol. The Labute approximate surface area is 81.5 Å². The second kappa shape index (κ2) is 3.97. The summed E-state index contributed by atoms with van der Waals surface area (Å²) < 4.78 is 0. The van der Waals surface area contributed by atoms with Crippen molar-refractivity contribution in [3.8, 4) is 0 Å². The minimum absolute atomic E-state index is 0.708. The Morgan fingerprint density at radius 1 is 1.46 bits per heavy atom. The van der Waals surface area contributed by atoms with E-state index in [9.17, 15) is 0 Å². The van der Waals surface area contributed by atoms with E-state index in [4.69, 9.17) is 5.73 Å². The van der Waals surface area contributed by atoms with Gasteiger partial charge in [0.1, 0.15) is 0 Å². The molecule has 1 saturated carbocycles. The van der Waals surface area contributed by atoms with Gasteiger partial charge in [-0.15, -0.1) is 0 Å². The molecule has 0 aromatic rings. The molecule has 1 heterocycles. The summed E-state index contributed by atoms with van der Waals surface area (Å²) >= 11 is 0. The lowest BCUT2D eigenvalue weighted by molar-refractivity contribution is 0.201. The average Bonchev–Trinajstić information content (AvgIpc) is 2.74. The van der Waals surface area contributed by atoms with E-state index in [2.05, 4.69) is 11.8 Å². The molecule has 2 bridgehead atoms. The number of hydrogen-bond acceptors (Lipinski definition) is 2. The van der Waals surface area contributed by atoms with Gasteiger partial charge in [-0.25, -0.2) is 0 Å². The monoisotopic (exact) mass is 182 g/mol. The molecule has 2 rings (SSSR count). The standard InChI is InChI=1S/C11H22N2/c1-9(7-12)4-5-13-8-10-2-3-11(13)6-10/h9-11H,2-8,12H2,1H3. The van der Waals surface area contributed by atoms with E-state index >= 15 is 0 Å². The van der Waals surface area contributed by atoms with Crippen LogP contribution in [0.5, 0.6) is 0 Å². The summed E-state index contributed by atoms with van der Waals surface area (Å²) in [5.41, 5.74) is 5.61. The lowest BCUT2D eigenvalue weighted by atomic mass is 10.1. The molecular weight excluding hydrogens is 160 g/mol. The molecule has 0 aromatic carbocycles. The number of likely N-dealkylation sites (tertiary alicyclic amines) is 1. The minimum atomic E-state index is 0.708. The van der Waals surface area contributed by atoms with E-state index < -0.39 is 0 Å². The van der Waals surface area contributed by atoms with Gasteiger partial charge in [0.25, 0.3) is 0 Å². The summed E-state index contributed by atoms with van der Waals surface area (Å²) in [5.74, 6) is 1.75. The van der Waals surface area contributed by atoms with Gasteiger partial charge in [0.05, 0.1) is 0 Å². The van der Waals surface area contributed by atoms with Crippen molar-refractivity contribution in [3.05, 3.63) is 0 Å². The third-order valence-corrected chi connectivity index (χ3v) is 3.83. The van der Waals surface area contributed by atoms with E-state index in [0.29, 0.717) is 5.92 Å². The average molecular weight is 182 g/mol. The van der Waals surface area contributed by atoms with Crippen molar-refractivity contribution in [1.82, 2.24) is 4.90 Å². The van der Waals surface area contributed by atoms with Crippen LogP contribution in [0.15, 0.2) is 0 Å². The molecule has 0 aromatic heterocycles. The first kappa shape index (κ1) is 9.47. The molecule has 0 spiro atoms. The van der Waals surface area contributed by atoms with Gasteiger partial charge in [-0.3, -0.25) is 0 Å². The number of rotatable bonds is 4. The summed E-state index contributed by atoms with van der Waals surface area (Å²) in [5, 5.41) is 0. The van der Waals surface area contributed by atoms with Gasteiger partial charge in [0, 0.05) is 12.6 Å². The first-order chi connectivity index (χ1) is 6.29. The molecule has 3 atom stereocenters. The largest absolute Gasteiger partial charge is 0.330 e. The van der Waals surface area contributed by atoms with Crippen molar-refractivity contribution in [2.75, 3.05) is 19.6 Å². The number of fused-ring (bicyclic) bond motifs is 2. The van der Waals surface area contributed by atoms with Crippen molar-refractivity contribution >= 4 is 0 Å². The number of nitrogens with zero attached hydrogens (tertiary/aromatic N) is 1. The molecule has 1 aliphatic heterocycles. The SMILES string of the molecule is CC(CN)CCN1CC2CCC1C2. The van der Waals surface area contributed by atoms with Gasteiger partial charge >= 0.3 is 0 Å². The van der Waals surface area contributed by atoms with Crippen LogP contribution in [0.4, 0.5) is 0 Å². The number of piperidine rings is 1. The fourth-order valence-corrected chi connectivity index (χ4v) is 2.80. The zero-order valence-electron chi connectivity index (χ0n) is 8.71.